The SMILES string of the molecule is Cc1ccc(NS(=O)(=O)Cc2ccc(Cl)cc2)cc1N1CCCC1=O. The van der Waals surface area contributed by atoms with E-state index in [-0.39, 0.29) is 11.7 Å². The Labute approximate surface area is 152 Å². The predicted molar refractivity (Wildman–Crippen MR) is 100 cm³/mol. The smallest absolute Gasteiger partial charge is 0.236 e. The van der Waals surface area contributed by atoms with E-state index in [0.29, 0.717) is 29.2 Å². The van der Waals surface area contributed by atoms with Crippen LogP contribution in [0, 0.1) is 6.92 Å². The Balaban J connectivity index is 1.80. The van der Waals surface area contributed by atoms with Gasteiger partial charge in [0, 0.05) is 23.7 Å². The number of nitrogens with one attached hydrogen (secondary N) is 1. The molecule has 0 radical (unpaired) electrons. The quantitative estimate of drug-likeness (QED) is 0.862. The van der Waals surface area contributed by atoms with Gasteiger partial charge in [0.2, 0.25) is 15.9 Å². The van der Waals surface area contributed by atoms with Gasteiger partial charge >= 0.3 is 0 Å². The minimum absolute atomic E-state index is 0.0734. The normalized spacial score (nSPS) is 14.8. The minimum Gasteiger partial charge on any atom is -0.312 e. The predicted octanol–water partition coefficient (Wildman–Crippen LogP) is 3.72. The maximum absolute atomic E-state index is 12.4. The fourth-order valence-electron chi connectivity index (χ4n) is 2.88. The Kier molecular flexibility index (Phi) is 5.01. The van der Waals surface area contributed by atoms with Crippen molar-refractivity contribution >= 4 is 38.9 Å². The average Bonchev–Trinajstić information content (AvgIpc) is 2.97. The van der Waals surface area contributed by atoms with Crippen molar-refractivity contribution in [2.45, 2.75) is 25.5 Å². The number of carbonyl (C=O) groups is 1. The molecule has 1 N–H and O–H groups in total. The molecule has 0 spiro atoms. The third-order valence-corrected chi connectivity index (χ3v) is 5.63. The Morgan fingerprint density at radius 1 is 1.16 bits per heavy atom. The van der Waals surface area contributed by atoms with Crippen LogP contribution >= 0.6 is 11.6 Å². The van der Waals surface area contributed by atoms with Crippen LogP contribution in [0.15, 0.2) is 42.5 Å². The molecule has 1 aliphatic rings. The highest BCUT2D eigenvalue weighted by Gasteiger charge is 2.23. The summed E-state index contributed by atoms with van der Waals surface area (Å²) in [6, 6.07) is 11.9. The summed E-state index contributed by atoms with van der Waals surface area (Å²) in [5, 5.41) is 0.563. The van der Waals surface area contributed by atoms with Crippen molar-refractivity contribution in [2.75, 3.05) is 16.2 Å². The molecule has 0 atom stereocenters. The van der Waals surface area contributed by atoms with Gasteiger partial charge in [0.25, 0.3) is 0 Å². The van der Waals surface area contributed by atoms with Gasteiger partial charge in [-0.1, -0.05) is 29.8 Å². The van der Waals surface area contributed by atoms with Gasteiger partial charge in [-0.15, -0.1) is 0 Å². The lowest BCUT2D eigenvalue weighted by Crippen LogP contribution is -2.24. The van der Waals surface area contributed by atoms with Crippen LogP contribution in [0.5, 0.6) is 0 Å². The number of hydrogen-bond acceptors (Lipinski definition) is 3. The maximum Gasteiger partial charge on any atom is 0.236 e. The van der Waals surface area contributed by atoms with Crippen LogP contribution < -0.4 is 9.62 Å². The van der Waals surface area contributed by atoms with E-state index in [2.05, 4.69) is 4.72 Å². The highest BCUT2D eigenvalue weighted by Crippen LogP contribution is 2.28. The third kappa shape index (κ3) is 4.32. The van der Waals surface area contributed by atoms with Crippen molar-refractivity contribution in [1.29, 1.82) is 0 Å². The summed E-state index contributed by atoms with van der Waals surface area (Å²) in [7, 11) is -3.56. The summed E-state index contributed by atoms with van der Waals surface area (Å²) in [6.07, 6.45) is 1.36. The monoisotopic (exact) mass is 378 g/mol. The largest absolute Gasteiger partial charge is 0.312 e. The number of halogens is 1. The Morgan fingerprint density at radius 3 is 2.52 bits per heavy atom. The molecule has 1 aliphatic heterocycles. The first-order chi connectivity index (χ1) is 11.8. The summed E-state index contributed by atoms with van der Waals surface area (Å²) in [4.78, 5) is 13.7. The molecule has 0 unspecified atom stereocenters. The van der Waals surface area contributed by atoms with Crippen LogP contribution in [0.4, 0.5) is 11.4 Å². The molecule has 25 heavy (non-hydrogen) atoms. The molecule has 132 valence electrons. The summed E-state index contributed by atoms with van der Waals surface area (Å²) in [5.74, 6) is -0.0694. The molecule has 0 bridgehead atoms. The van der Waals surface area contributed by atoms with E-state index in [4.69, 9.17) is 11.6 Å². The molecular weight excluding hydrogens is 360 g/mol. The van der Waals surface area contributed by atoms with E-state index in [9.17, 15) is 13.2 Å². The molecule has 0 aliphatic carbocycles. The van der Waals surface area contributed by atoms with Gasteiger partial charge in [0.1, 0.15) is 0 Å². The Morgan fingerprint density at radius 2 is 1.88 bits per heavy atom. The molecular formula is C18H19ClN2O3S. The number of aryl methyl sites for hydroxylation is 1. The molecule has 2 aromatic rings. The van der Waals surface area contributed by atoms with Crippen molar-refractivity contribution in [3.05, 3.63) is 58.6 Å². The van der Waals surface area contributed by atoms with Gasteiger partial charge < -0.3 is 4.90 Å². The molecule has 3 rings (SSSR count). The molecule has 2 aromatic carbocycles. The van der Waals surface area contributed by atoms with E-state index in [1.807, 2.05) is 13.0 Å². The fraction of sp³-hybridized carbons (Fsp3) is 0.278. The number of anilines is 2. The van der Waals surface area contributed by atoms with Gasteiger partial charge in [-0.3, -0.25) is 9.52 Å². The maximum atomic E-state index is 12.4. The van der Waals surface area contributed by atoms with Crippen LogP contribution in [0.3, 0.4) is 0 Å². The lowest BCUT2D eigenvalue weighted by Gasteiger charge is -2.19. The van der Waals surface area contributed by atoms with Gasteiger partial charge in [-0.25, -0.2) is 8.42 Å². The number of benzene rings is 2. The van der Waals surface area contributed by atoms with Crippen LogP contribution in [0.25, 0.3) is 0 Å². The zero-order chi connectivity index (χ0) is 18.0. The standard InChI is InChI=1S/C18H19ClN2O3S/c1-13-4-9-16(11-17(13)21-10-2-3-18(21)22)20-25(23,24)12-14-5-7-15(19)8-6-14/h4-9,11,20H,2-3,10,12H2,1H3. The number of carbonyl (C=O) groups excluding carboxylic acids is 1. The molecule has 1 fully saturated rings. The number of nitrogens with zero attached hydrogens (tertiary/aromatic N) is 1. The van der Waals surface area contributed by atoms with E-state index in [0.717, 1.165) is 17.7 Å². The van der Waals surface area contributed by atoms with Crippen LogP contribution in [-0.4, -0.2) is 20.9 Å². The van der Waals surface area contributed by atoms with E-state index in [1.165, 1.54) is 0 Å². The molecule has 5 nitrogen and oxygen atoms in total. The topological polar surface area (TPSA) is 66.5 Å². The lowest BCUT2D eigenvalue weighted by atomic mass is 10.1. The summed E-state index contributed by atoms with van der Waals surface area (Å²) < 4.78 is 27.4. The Hall–Kier alpha value is -2.05. The molecule has 1 saturated heterocycles. The van der Waals surface area contributed by atoms with E-state index < -0.39 is 10.0 Å². The van der Waals surface area contributed by atoms with Crippen molar-refractivity contribution in [3.8, 4) is 0 Å². The zero-order valence-electron chi connectivity index (χ0n) is 13.8. The second-order valence-electron chi connectivity index (χ2n) is 6.14. The number of sulfonamides is 1. The fourth-order valence-corrected chi connectivity index (χ4v) is 4.20. The zero-order valence-corrected chi connectivity index (χ0v) is 15.4. The van der Waals surface area contributed by atoms with Crippen molar-refractivity contribution in [3.63, 3.8) is 0 Å². The van der Waals surface area contributed by atoms with E-state index in [1.54, 1.807) is 41.3 Å². The third-order valence-electron chi connectivity index (χ3n) is 4.12. The van der Waals surface area contributed by atoms with Crippen molar-refractivity contribution < 1.29 is 13.2 Å². The molecule has 1 amide bonds. The van der Waals surface area contributed by atoms with Gasteiger partial charge in [-0.2, -0.15) is 0 Å². The molecule has 7 heteroatoms. The average molecular weight is 379 g/mol. The van der Waals surface area contributed by atoms with Crippen molar-refractivity contribution in [1.82, 2.24) is 0 Å². The van der Waals surface area contributed by atoms with Gasteiger partial charge in [0.05, 0.1) is 11.4 Å². The second-order valence-corrected chi connectivity index (χ2v) is 8.30. The van der Waals surface area contributed by atoms with Gasteiger partial charge in [-0.05, 0) is 48.7 Å². The number of hydrogen-bond donors (Lipinski definition) is 1. The summed E-state index contributed by atoms with van der Waals surface area (Å²) >= 11 is 5.82. The molecule has 1 heterocycles. The first-order valence-electron chi connectivity index (χ1n) is 8.00. The van der Waals surface area contributed by atoms with Gasteiger partial charge in [0.15, 0.2) is 0 Å². The van der Waals surface area contributed by atoms with Crippen LogP contribution in [-0.2, 0) is 20.6 Å². The second kappa shape index (κ2) is 7.06. The first-order valence-corrected chi connectivity index (χ1v) is 10.0. The van der Waals surface area contributed by atoms with Crippen molar-refractivity contribution in [2.24, 2.45) is 0 Å². The lowest BCUT2D eigenvalue weighted by molar-refractivity contribution is -0.117. The van der Waals surface area contributed by atoms with Crippen LogP contribution in [0.1, 0.15) is 24.0 Å². The molecule has 0 aromatic heterocycles. The summed E-state index contributed by atoms with van der Waals surface area (Å²) in [5.41, 5.74) is 2.80. The number of amides is 1. The summed E-state index contributed by atoms with van der Waals surface area (Å²) in [6.45, 7) is 2.58. The van der Waals surface area contributed by atoms with E-state index >= 15 is 0 Å². The minimum atomic E-state index is -3.56. The van der Waals surface area contributed by atoms with Crippen LogP contribution in [0.2, 0.25) is 5.02 Å². The highest BCUT2D eigenvalue weighted by molar-refractivity contribution is 7.91. The highest BCUT2D eigenvalue weighted by atomic mass is 35.5. The molecule has 0 saturated carbocycles. The first kappa shape index (κ1) is 17.8. The Bertz CT molecular complexity index is 895. The number of rotatable bonds is 5.